The highest BCUT2D eigenvalue weighted by Gasteiger charge is 2.17. The van der Waals surface area contributed by atoms with Crippen molar-refractivity contribution in [2.75, 3.05) is 11.9 Å². The molecule has 0 fully saturated rings. The third-order valence-electron chi connectivity index (χ3n) is 3.54. The summed E-state index contributed by atoms with van der Waals surface area (Å²) < 4.78 is 4.99. The zero-order valence-corrected chi connectivity index (χ0v) is 17.8. The maximum atomic E-state index is 12.3. The molecule has 1 heterocycles. The van der Waals surface area contributed by atoms with E-state index < -0.39 is 18.5 Å². The van der Waals surface area contributed by atoms with Crippen LogP contribution in [0, 0.1) is 0 Å². The maximum Gasteiger partial charge on any atom is 0.359 e. The summed E-state index contributed by atoms with van der Waals surface area (Å²) in [5.74, 6) is -1.34. The fourth-order valence-corrected chi connectivity index (χ4v) is 3.59. The molecule has 2 aromatic carbocycles. The lowest BCUT2D eigenvalue weighted by atomic mass is 10.3. The lowest BCUT2D eigenvalue weighted by molar-refractivity contribution is -0.119. The average molecular weight is 468 g/mol. The molecule has 5 nitrogen and oxygen atoms in total. The van der Waals surface area contributed by atoms with Crippen molar-refractivity contribution in [2.45, 2.75) is 9.79 Å². The van der Waals surface area contributed by atoms with E-state index >= 15 is 0 Å². The molecule has 0 aliphatic rings. The average Bonchev–Trinajstić information content (AvgIpc) is 2.71. The van der Waals surface area contributed by atoms with Crippen LogP contribution in [0.4, 0.5) is 5.69 Å². The van der Waals surface area contributed by atoms with Crippen molar-refractivity contribution < 1.29 is 14.3 Å². The largest absolute Gasteiger partial charge is 0.451 e. The summed E-state index contributed by atoms with van der Waals surface area (Å²) >= 11 is 19.0. The fraction of sp³-hybridized carbons (Fsp3) is 0.0500. The summed E-state index contributed by atoms with van der Waals surface area (Å²) in [5, 5.41) is 3.56. The summed E-state index contributed by atoms with van der Waals surface area (Å²) in [6, 6.07) is 17.5. The van der Waals surface area contributed by atoms with Gasteiger partial charge in [-0.3, -0.25) is 4.79 Å². The van der Waals surface area contributed by atoms with E-state index in [1.54, 1.807) is 24.3 Å². The molecule has 3 aromatic rings. The molecule has 0 aliphatic heterocycles. The van der Waals surface area contributed by atoms with Gasteiger partial charge in [-0.15, -0.1) is 0 Å². The van der Waals surface area contributed by atoms with Crippen LogP contribution in [-0.4, -0.2) is 23.5 Å². The number of esters is 1. The van der Waals surface area contributed by atoms with Gasteiger partial charge >= 0.3 is 5.97 Å². The number of para-hydroxylation sites is 1. The van der Waals surface area contributed by atoms with Crippen molar-refractivity contribution in [3.05, 3.63) is 81.6 Å². The number of nitrogens with one attached hydrogen (secondary N) is 1. The van der Waals surface area contributed by atoms with Gasteiger partial charge in [-0.25, -0.2) is 9.78 Å². The Bertz CT molecular complexity index is 1050. The van der Waals surface area contributed by atoms with Crippen LogP contribution >= 0.6 is 46.6 Å². The molecule has 0 saturated heterocycles. The molecular formula is C20H13Cl3N2O3S. The first-order chi connectivity index (χ1) is 13.9. The van der Waals surface area contributed by atoms with Gasteiger partial charge in [0.15, 0.2) is 12.3 Å². The van der Waals surface area contributed by atoms with Crippen molar-refractivity contribution in [3.63, 3.8) is 0 Å². The number of amides is 1. The number of carbonyl (C=O) groups is 2. The predicted octanol–water partition coefficient (Wildman–Crippen LogP) is 5.99. The minimum atomic E-state index is -0.837. The third-order valence-corrected chi connectivity index (χ3v) is 5.39. The van der Waals surface area contributed by atoms with E-state index in [9.17, 15) is 9.59 Å². The van der Waals surface area contributed by atoms with Gasteiger partial charge in [0.05, 0.1) is 10.7 Å². The SMILES string of the molecule is O=C(COC(=O)c1nc(Cl)ccc1Cl)Nc1ccccc1Sc1ccc(Cl)cc1. The van der Waals surface area contributed by atoms with Crippen molar-refractivity contribution in [3.8, 4) is 0 Å². The summed E-state index contributed by atoms with van der Waals surface area (Å²) in [6.07, 6.45) is 0. The van der Waals surface area contributed by atoms with E-state index in [2.05, 4.69) is 10.3 Å². The number of rotatable bonds is 6. The molecule has 0 atom stereocenters. The van der Waals surface area contributed by atoms with Crippen LogP contribution in [0.25, 0.3) is 0 Å². The minimum absolute atomic E-state index is 0.0875. The molecule has 1 aromatic heterocycles. The number of ether oxygens (including phenoxy) is 1. The van der Waals surface area contributed by atoms with E-state index in [4.69, 9.17) is 39.5 Å². The second-order valence-corrected chi connectivity index (χ2v) is 7.99. The smallest absolute Gasteiger partial charge is 0.359 e. The van der Waals surface area contributed by atoms with Crippen LogP contribution in [0.15, 0.2) is 70.5 Å². The molecule has 0 saturated carbocycles. The van der Waals surface area contributed by atoms with Crippen LogP contribution in [0.2, 0.25) is 15.2 Å². The predicted molar refractivity (Wildman–Crippen MR) is 115 cm³/mol. The number of halogens is 3. The Morgan fingerprint density at radius 1 is 0.966 bits per heavy atom. The monoisotopic (exact) mass is 466 g/mol. The second kappa shape index (κ2) is 9.98. The molecule has 29 heavy (non-hydrogen) atoms. The highest BCUT2D eigenvalue weighted by atomic mass is 35.5. The molecule has 148 valence electrons. The zero-order chi connectivity index (χ0) is 20.8. The normalized spacial score (nSPS) is 10.4. The minimum Gasteiger partial charge on any atom is -0.451 e. The van der Waals surface area contributed by atoms with Gasteiger partial charge in [0, 0.05) is 14.8 Å². The van der Waals surface area contributed by atoms with Crippen LogP contribution < -0.4 is 5.32 Å². The number of benzene rings is 2. The molecule has 9 heteroatoms. The topological polar surface area (TPSA) is 68.3 Å². The first-order valence-corrected chi connectivity index (χ1v) is 10.2. The van der Waals surface area contributed by atoms with Crippen molar-refractivity contribution in [1.82, 2.24) is 4.98 Å². The molecular weight excluding hydrogens is 455 g/mol. The number of pyridine rings is 1. The molecule has 3 rings (SSSR count). The maximum absolute atomic E-state index is 12.3. The summed E-state index contributed by atoms with van der Waals surface area (Å²) in [4.78, 5) is 29.9. The quantitative estimate of drug-likeness (QED) is 0.356. The summed E-state index contributed by atoms with van der Waals surface area (Å²) in [6.45, 7) is -0.497. The van der Waals surface area contributed by atoms with E-state index in [-0.39, 0.29) is 15.9 Å². The zero-order valence-electron chi connectivity index (χ0n) is 14.7. The fourth-order valence-electron chi connectivity index (χ4n) is 2.24. The van der Waals surface area contributed by atoms with Gasteiger partial charge in [-0.1, -0.05) is 58.7 Å². The second-order valence-electron chi connectivity index (χ2n) is 5.64. The summed E-state index contributed by atoms with van der Waals surface area (Å²) in [7, 11) is 0. The Morgan fingerprint density at radius 2 is 1.69 bits per heavy atom. The van der Waals surface area contributed by atoms with E-state index in [0.717, 1.165) is 9.79 Å². The van der Waals surface area contributed by atoms with Gasteiger partial charge in [-0.05, 0) is 48.5 Å². The van der Waals surface area contributed by atoms with E-state index in [1.165, 1.54) is 23.9 Å². The van der Waals surface area contributed by atoms with Crippen LogP contribution in [0.3, 0.4) is 0 Å². The van der Waals surface area contributed by atoms with Crippen molar-refractivity contribution in [2.24, 2.45) is 0 Å². The van der Waals surface area contributed by atoms with Crippen molar-refractivity contribution >= 4 is 64.1 Å². The molecule has 0 aliphatic carbocycles. The van der Waals surface area contributed by atoms with Crippen LogP contribution in [0.5, 0.6) is 0 Å². The Kier molecular flexibility index (Phi) is 7.39. The van der Waals surface area contributed by atoms with Gasteiger partial charge in [0.2, 0.25) is 0 Å². The number of hydrogen-bond donors (Lipinski definition) is 1. The Morgan fingerprint density at radius 3 is 2.45 bits per heavy atom. The standard InChI is InChI=1S/C20H13Cl3N2O3S/c21-12-5-7-13(8-6-12)29-16-4-2-1-3-15(16)24-18(26)11-28-20(27)19-14(22)9-10-17(23)25-19/h1-10H,11H2,(H,24,26). The number of aromatic nitrogens is 1. The molecule has 1 N–H and O–H groups in total. The third kappa shape index (κ3) is 6.11. The van der Waals surface area contributed by atoms with E-state index in [1.807, 2.05) is 24.3 Å². The molecule has 0 radical (unpaired) electrons. The van der Waals surface area contributed by atoms with Gasteiger partial charge in [-0.2, -0.15) is 0 Å². The number of hydrogen-bond acceptors (Lipinski definition) is 5. The van der Waals surface area contributed by atoms with Crippen LogP contribution in [0.1, 0.15) is 10.5 Å². The molecule has 0 spiro atoms. The van der Waals surface area contributed by atoms with Crippen LogP contribution in [-0.2, 0) is 9.53 Å². The van der Waals surface area contributed by atoms with E-state index in [0.29, 0.717) is 10.7 Å². The summed E-state index contributed by atoms with van der Waals surface area (Å²) in [5.41, 5.74) is 0.443. The lowest BCUT2D eigenvalue weighted by Gasteiger charge is -2.11. The van der Waals surface area contributed by atoms with Gasteiger partial charge < -0.3 is 10.1 Å². The first kappa shape index (κ1) is 21.5. The Balaban J connectivity index is 1.63. The molecule has 0 unspecified atom stereocenters. The highest BCUT2D eigenvalue weighted by molar-refractivity contribution is 7.99. The number of anilines is 1. The lowest BCUT2D eigenvalue weighted by Crippen LogP contribution is -2.21. The first-order valence-electron chi connectivity index (χ1n) is 8.24. The molecule has 1 amide bonds. The van der Waals surface area contributed by atoms with Gasteiger partial charge in [0.25, 0.3) is 5.91 Å². The highest BCUT2D eigenvalue weighted by Crippen LogP contribution is 2.33. The number of carbonyl (C=O) groups excluding carboxylic acids is 2. The van der Waals surface area contributed by atoms with Gasteiger partial charge in [0.1, 0.15) is 5.15 Å². The Hall–Kier alpha value is -2.25. The Labute approximate surface area is 186 Å². The molecule has 0 bridgehead atoms. The number of nitrogens with zero attached hydrogens (tertiary/aromatic N) is 1. The van der Waals surface area contributed by atoms with Crippen molar-refractivity contribution in [1.29, 1.82) is 0 Å².